The van der Waals surface area contributed by atoms with Crippen molar-refractivity contribution >= 4 is 0 Å². The van der Waals surface area contributed by atoms with Crippen LogP contribution < -0.4 is 5.32 Å². The molecular weight excluding hydrogens is 230 g/mol. The lowest BCUT2D eigenvalue weighted by atomic mass is 9.79. The van der Waals surface area contributed by atoms with Gasteiger partial charge in [0.15, 0.2) is 0 Å². The zero-order chi connectivity index (χ0) is 14.5. The molecule has 2 unspecified atom stereocenters. The molecule has 0 aliphatic heterocycles. The third kappa shape index (κ3) is 4.35. The first kappa shape index (κ1) is 16.2. The minimum Gasteiger partial charge on any atom is -0.310 e. The molecule has 19 heavy (non-hydrogen) atoms. The summed E-state index contributed by atoms with van der Waals surface area (Å²) in [6.07, 6.45) is 2.39. The number of hydrogen-bond acceptors (Lipinski definition) is 1. The Morgan fingerprint density at radius 1 is 1.11 bits per heavy atom. The van der Waals surface area contributed by atoms with E-state index in [9.17, 15) is 0 Å². The van der Waals surface area contributed by atoms with Crippen LogP contribution in [-0.2, 0) is 5.41 Å². The Balaban J connectivity index is 3.14. The van der Waals surface area contributed by atoms with Crippen molar-refractivity contribution in [3.05, 3.63) is 35.4 Å². The van der Waals surface area contributed by atoms with Crippen LogP contribution in [0.15, 0.2) is 24.3 Å². The molecule has 0 aliphatic carbocycles. The van der Waals surface area contributed by atoms with E-state index < -0.39 is 0 Å². The summed E-state index contributed by atoms with van der Waals surface area (Å²) in [5, 5.41) is 3.75. The van der Waals surface area contributed by atoms with E-state index in [1.807, 2.05) is 0 Å². The molecule has 0 fully saturated rings. The van der Waals surface area contributed by atoms with Crippen LogP contribution in [0.25, 0.3) is 0 Å². The van der Waals surface area contributed by atoms with Gasteiger partial charge in [0.25, 0.3) is 0 Å². The Morgan fingerprint density at radius 2 is 1.74 bits per heavy atom. The minimum atomic E-state index is 0.205. The van der Waals surface area contributed by atoms with Crippen LogP contribution >= 0.6 is 0 Å². The Morgan fingerprint density at radius 3 is 2.26 bits per heavy atom. The van der Waals surface area contributed by atoms with Gasteiger partial charge < -0.3 is 5.32 Å². The van der Waals surface area contributed by atoms with Gasteiger partial charge in [-0.25, -0.2) is 0 Å². The van der Waals surface area contributed by atoms with E-state index in [0.717, 1.165) is 6.54 Å². The summed E-state index contributed by atoms with van der Waals surface area (Å²) >= 11 is 0. The van der Waals surface area contributed by atoms with Crippen molar-refractivity contribution in [1.82, 2.24) is 5.32 Å². The molecule has 1 aromatic carbocycles. The molecule has 0 bridgehead atoms. The first-order valence-corrected chi connectivity index (χ1v) is 7.74. The molecule has 108 valence electrons. The van der Waals surface area contributed by atoms with Gasteiger partial charge in [0, 0.05) is 6.04 Å². The molecular formula is C18H31N. The highest BCUT2D eigenvalue weighted by Crippen LogP contribution is 2.33. The molecule has 0 amide bonds. The highest BCUT2D eigenvalue weighted by Gasteiger charge is 2.24. The highest BCUT2D eigenvalue weighted by atomic mass is 14.9. The van der Waals surface area contributed by atoms with Crippen molar-refractivity contribution in [1.29, 1.82) is 0 Å². The van der Waals surface area contributed by atoms with Crippen molar-refractivity contribution in [3.63, 3.8) is 0 Å². The second-order valence-electron chi connectivity index (χ2n) is 6.65. The predicted octanol–water partition coefficient (Wildman–Crippen LogP) is 5.07. The van der Waals surface area contributed by atoms with Crippen molar-refractivity contribution in [2.45, 2.75) is 65.8 Å². The third-order valence-electron chi connectivity index (χ3n) is 3.93. The number of hydrogen-bond donors (Lipinski definition) is 1. The van der Waals surface area contributed by atoms with Crippen LogP contribution in [-0.4, -0.2) is 6.54 Å². The summed E-state index contributed by atoms with van der Waals surface area (Å²) in [4.78, 5) is 0. The molecule has 0 saturated heterocycles. The van der Waals surface area contributed by atoms with Crippen molar-refractivity contribution < 1.29 is 0 Å². The molecule has 1 nitrogen and oxygen atoms in total. The van der Waals surface area contributed by atoms with E-state index in [1.54, 1.807) is 0 Å². The van der Waals surface area contributed by atoms with Crippen LogP contribution in [0.4, 0.5) is 0 Å². The quantitative estimate of drug-likeness (QED) is 0.753. The summed E-state index contributed by atoms with van der Waals surface area (Å²) in [5.74, 6) is 0.662. The Labute approximate surface area is 119 Å². The molecule has 0 radical (unpaired) electrons. The molecule has 1 N–H and O–H groups in total. The van der Waals surface area contributed by atoms with Crippen molar-refractivity contribution in [3.8, 4) is 0 Å². The third-order valence-corrected chi connectivity index (χ3v) is 3.93. The van der Waals surface area contributed by atoms with Gasteiger partial charge in [0.1, 0.15) is 0 Å². The molecule has 0 aliphatic rings. The van der Waals surface area contributed by atoms with E-state index in [2.05, 4.69) is 71.1 Å². The molecule has 0 aromatic heterocycles. The lowest BCUT2D eigenvalue weighted by molar-refractivity contribution is 0.371. The predicted molar refractivity (Wildman–Crippen MR) is 85.6 cm³/mol. The monoisotopic (exact) mass is 261 g/mol. The summed E-state index contributed by atoms with van der Waals surface area (Å²) in [7, 11) is 0. The second kappa shape index (κ2) is 7.09. The average molecular weight is 261 g/mol. The molecule has 2 atom stereocenters. The minimum absolute atomic E-state index is 0.205. The maximum atomic E-state index is 3.75. The van der Waals surface area contributed by atoms with Gasteiger partial charge >= 0.3 is 0 Å². The highest BCUT2D eigenvalue weighted by molar-refractivity contribution is 5.35. The normalized spacial score (nSPS) is 15.3. The zero-order valence-electron chi connectivity index (χ0n) is 13.6. The van der Waals surface area contributed by atoms with Gasteiger partial charge in [-0.15, -0.1) is 0 Å². The summed E-state index contributed by atoms with van der Waals surface area (Å²) in [5.41, 5.74) is 3.16. The van der Waals surface area contributed by atoms with E-state index in [4.69, 9.17) is 0 Å². The molecule has 1 aromatic rings. The summed E-state index contributed by atoms with van der Waals surface area (Å²) in [6, 6.07) is 9.41. The number of nitrogens with one attached hydrogen (secondary N) is 1. The molecule has 0 saturated carbocycles. The zero-order valence-corrected chi connectivity index (χ0v) is 13.6. The van der Waals surface area contributed by atoms with Gasteiger partial charge in [0.2, 0.25) is 0 Å². The fourth-order valence-electron chi connectivity index (χ4n) is 2.60. The number of benzene rings is 1. The smallest absolute Gasteiger partial charge is 0.0348 e. The van der Waals surface area contributed by atoms with Crippen LogP contribution in [0.2, 0.25) is 0 Å². The summed E-state index contributed by atoms with van der Waals surface area (Å²) < 4.78 is 0. The van der Waals surface area contributed by atoms with E-state index in [0.29, 0.717) is 12.0 Å². The summed E-state index contributed by atoms with van der Waals surface area (Å²) in [6.45, 7) is 14.9. The van der Waals surface area contributed by atoms with Crippen LogP contribution in [0.5, 0.6) is 0 Å². The lowest BCUT2D eigenvalue weighted by Gasteiger charge is -2.31. The fraction of sp³-hybridized carbons (Fsp3) is 0.667. The maximum Gasteiger partial charge on any atom is 0.0348 e. The Kier molecular flexibility index (Phi) is 6.06. The topological polar surface area (TPSA) is 12.0 Å². The van der Waals surface area contributed by atoms with Crippen LogP contribution in [0.3, 0.4) is 0 Å². The first-order valence-electron chi connectivity index (χ1n) is 7.74. The van der Waals surface area contributed by atoms with Gasteiger partial charge in [0.05, 0.1) is 0 Å². The van der Waals surface area contributed by atoms with Crippen LogP contribution in [0.1, 0.15) is 71.6 Å². The van der Waals surface area contributed by atoms with Gasteiger partial charge in [-0.3, -0.25) is 0 Å². The molecule has 0 heterocycles. The van der Waals surface area contributed by atoms with Gasteiger partial charge in [-0.05, 0) is 35.4 Å². The number of rotatable bonds is 6. The lowest BCUT2D eigenvalue weighted by Crippen LogP contribution is -2.30. The molecule has 1 heteroatoms. The molecule has 1 rings (SSSR count). The van der Waals surface area contributed by atoms with Crippen molar-refractivity contribution in [2.24, 2.45) is 5.92 Å². The second-order valence-corrected chi connectivity index (χ2v) is 6.65. The van der Waals surface area contributed by atoms with E-state index in [1.165, 1.54) is 24.0 Å². The van der Waals surface area contributed by atoms with E-state index >= 15 is 0 Å². The van der Waals surface area contributed by atoms with E-state index in [-0.39, 0.29) is 5.41 Å². The first-order chi connectivity index (χ1) is 8.91. The standard InChI is InChI=1S/C18H31N/c1-7-13-19-17(14(3)8-2)15-11-9-10-12-16(15)18(4,5)6/h9-12,14,17,19H,7-8,13H2,1-6H3. The Bertz CT molecular complexity index is 376. The van der Waals surface area contributed by atoms with Crippen LogP contribution in [0, 0.1) is 5.92 Å². The van der Waals surface area contributed by atoms with Gasteiger partial charge in [-0.1, -0.05) is 72.2 Å². The fourth-order valence-corrected chi connectivity index (χ4v) is 2.60. The maximum absolute atomic E-state index is 3.75. The Hall–Kier alpha value is -0.820. The SMILES string of the molecule is CCCNC(c1ccccc1C(C)(C)C)C(C)CC. The molecule has 0 spiro atoms. The average Bonchev–Trinajstić information content (AvgIpc) is 2.38. The van der Waals surface area contributed by atoms with Gasteiger partial charge in [-0.2, -0.15) is 0 Å². The largest absolute Gasteiger partial charge is 0.310 e. The van der Waals surface area contributed by atoms with Crippen molar-refractivity contribution in [2.75, 3.05) is 6.54 Å².